The first kappa shape index (κ1) is 58.3. The summed E-state index contributed by atoms with van der Waals surface area (Å²) in [5, 5.41) is 13.1. The number of methoxy groups -OCH3 is 3. The number of hydrogen-bond donors (Lipinski definition) is 5. The number of anilines is 3. The number of benzene rings is 4. The smallest absolute Gasteiger partial charge is 0.260 e. The van der Waals surface area contributed by atoms with Gasteiger partial charge in [0.25, 0.3) is 17.7 Å². The van der Waals surface area contributed by atoms with Gasteiger partial charge in [-0.3, -0.25) is 43.5 Å². The first-order valence-electron chi connectivity index (χ1n) is 26.9. The molecule has 1 unspecified atom stereocenters. The van der Waals surface area contributed by atoms with Crippen LogP contribution in [0.1, 0.15) is 82.2 Å². The molecule has 7 amide bonds. The van der Waals surface area contributed by atoms with Crippen molar-refractivity contribution in [2.75, 3.05) is 50.5 Å². The number of fused-ring (bicyclic) bond motifs is 4. The average molecular weight is 1140 g/mol. The lowest BCUT2D eigenvalue weighted by Crippen LogP contribution is -2.53. The third-order valence-electron chi connectivity index (χ3n) is 14.2. The number of aromatic nitrogens is 1. The Morgan fingerprint density at radius 1 is 0.619 bits per heavy atom. The summed E-state index contributed by atoms with van der Waals surface area (Å²) in [6, 6.07) is 21.2. The summed E-state index contributed by atoms with van der Waals surface area (Å²) >= 11 is 0. The van der Waals surface area contributed by atoms with E-state index in [0.717, 1.165) is 40.2 Å². The Bertz CT molecular complexity index is 3550. The maximum absolute atomic E-state index is 14.2. The number of aliphatic imine (C=N–C) groups is 2. The number of nitrogens with one attached hydrogen (secondary N) is 5. The normalized spacial score (nSPS) is 16.2. The van der Waals surface area contributed by atoms with Crippen molar-refractivity contribution < 1.29 is 57.2 Å². The van der Waals surface area contributed by atoms with Gasteiger partial charge in [0.05, 0.1) is 69.1 Å². The van der Waals surface area contributed by atoms with Crippen LogP contribution in [0.15, 0.2) is 133 Å². The van der Waals surface area contributed by atoms with Gasteiger partial charge in [0, 0.05) is 67.5 Å². The summed E-state index contributed by atoms with van der Waals surface area (Å²) in [4.78, 5) is 109. The second-order valence-corrected chi connectivity index (χ2v) is 20.2. The first-order valence-corrected chi connectivity index (χ1v) is 26.9. The average Bonchev–Trinajstić information content (AvgIpc) is 2.95. The van der Waals surface area contributed by atoms with E-state index in [-0.39, 0.29) is 54.3 Å². The zero-order valence-corrected chi connectivity index (χ0v) is 47.0. The molecule has 84 heavy (non-hydrogen) atoms. The first-order chi connectivity index (χ1) is 40.5. The minimum Gasteiger partial charge on any atom is -0.497 e. The third kappa shape index (κ3) is 13.0. The molecule has 22 heteroatoms. The summed E-state index contributed by atoms with van der Waals surface area (Å²) < 4.78 is 29.0. The monoisotopic (exact) mass is 1140 g/mol. The molecule has 0 fully saturated rings. The van der Waals surface area contributed by atoms with Crippen LogP contribution in [0.3, 0.4) is 0 Å². The molecule has 0 saturated heterocycles. The lowest BCUT2D eigenvalue weighted by Gasteiger charge is -2.24. The van der Waals surface area contributed by atoms with E-state index in [0.29, 0.717) is 70.4 Å². The maximum Gasteiger partial charge on any atom is 0.260 e. The fourth-order valence-corrected chi connectivity index (χ4v) is 9.66. The summed E-state index contributed by atoms with van der Waals surface area (Å²) in [6.45, 7) is 12.2. The van der Waals surface area contributed by atoms with E-state index in [9.17, 15) is 33.6 Å². The van der Waals surface area contributed by atoms with Crippen LogP contribution in [0.5, 0.6) is 28.7 Å². The predicted octanol–water partition coefficient (Wildman–Crippen LogP) is 8.05. The molecule has 4 aromatic carbocycles. The van der Waals surface area contributed by atoms with Gasteiger partial charge in [-0.1, -0.05) is 51.3 Å². The molecule has 5 aromatic rings. The van der Waals surface area contributed by atoms with E-state index >= 15 is 0 Å². The Morgan fingerprint density at radius 2 is 1.11 bits per heavy atom. The van der Waals surface area contributed by atoms with Crippen LogP contribution in [-0.4, -0.2) is 127 Å². The molecule has 4 atom stereocenters. The molecule has 4 aliphatic rings. The number of nitrogens with zero attached hydrogens (tertiary/aromatic N) is 5. The lowest BCUT2D eigenvalue weighted by atomic mass is 10.0. The van der Waals surface area contributed by atoms with Crippen LogP contribution >= 0.6 is 0 Å². The molecule has 4 aliphatic heterocycles. The molecule has 0 bridgehead atoms. The topological polar surface area (TPSA) is 270 Å². The highest BCUT2D eigenvalue weighted by molar-refractivity contribution is 6.08. The Kier molecular flexibility index (Phi) is 17.8. The van der Waals surface area contributed by atoms with E-state index in [1.165, 1.54) is 33.3 Å². The summed E-state index contributed by atoms with van der Waals surface area (Å²) in [6.07, 6.45) is 10.7. The highest BCUT2D eigenvalue weighted by Crippen LogP contribution is 2.42. The lowest BCUT2D eigenvalue weighted by molar-refractivity contribution is -0.128. The standard InChI is InChI=1S/C62H62N10O12/c1-9-55(73)68-53-24-38(25-54(67-53)69-56(74)10-2)59(76)70-57(34(3)4)60(77)65-35(5)58(75)66-41-16-12-36(13-17-41)39-22-42-30-63-47-28-51(49(81-7)26-45(47)61(78)71(42)32-39)83-20-11-21-84-52-29-48-46(27-50(52)82-8)62(79)72-33-40(23-43(72)31-64-48)37-14-18-44(80-6)19-15-37/h9-10,12-19,24-35,42-43,57H,1-2,11,20-23H2,3-8H3,(H,65,77)(H,66,75)(H,70,76)(H2,67,68,69,73,74)/t35-,42?,43-,57-/m0/s1. The van der Waals surface area contributed by atoms with Crippen molar-refractivity contribution in [3.05, 3.63) is 150 Å². The Balaban J connectivity index is 0.769. The number of amides is 7. The molecule has 22 nitrogen and oxygen atoms in total. The number of carbonyl (C=O) groups is 7. The van der Waals surface area contributed by atoms with Gasteiger partial charge in [0.2, 0.25) is 23.6 Å². The molecule has 0 spiro atoms. The van der Waals surface area contributed by atoms with Gasteiger partial charge in [0.15, 0.2) is 23.0 Å². The quantitative estimate of drug-likeness (QED) is 0.0325. The van der Waals surface area contributed by atoms with Gasteiger partial charge in [-0.2, -0.15) is 0 Å². The highest BCUT2D eigenvalue weighted by Gasteiger charge is 2.36. The molecule has 5 N–H and O–H groups in total. The zero-order valence-electron chi connectivity index (χ0n) is 47.0. The Hall–Kier alpha value is -10.4. The number of pyridine rings is 1. The van der Waals surface area contributed by atoms with Crippen LogP contribution in [0.2, 0.25) is 0 Å². The zero-order chi connectivity index (χ0) is 59.8. The van der Waals surface area contributed by atoms with Crippen LogP contribution in [0.4, 0.5) is 28.7 Å². The molecule has 9 rings (SSSR count). The number of hydrogen-bond acceptors (Lipinski definition) is 15. The van der Waals surface area contributed by atoms with Crippen molar-refractivity contribution in [2.24, 2.45) is 15.9 Å². The second-order valence-electron chi connectivity index (χ2n) is 20.2. The van der Waals surface area contributed by atoms with Gasteiger partial charge in [-0.25, -0.2) is 4.98 Å². The maximum atomic E-state index is 14.2. The largest absolute Gasteiger partial charge is 0.497 e. The van der Waals surface area contributed by atoms with E-state index < -0.39 is 47.5 Å². The molecular weight excluding hydrogens is 1080 g/mol. The van der Waals surface area contributed by atoms with Gasteiger partial charge in [-0.15, -0.1) is 0 Å². The van der Waals surface area contributed by atoms with Gasteiger partial charge < -0.3 is 60.1 Å². The van der Waals surface area contributed by atoms with E-state index in [1.807, 2.05) is 42.6 Å². The highest BCUT2D eigenvalue weighted by atomic mass is 16.5. The SMILES string of the molecule is C=CC(=O)Nc1cc(C(=O)N[C@H](C(=O)N[C@@H](C)C(=O)Nc2ccc(C3=CN4C(=O)c5cc(OC)c(OCCCOc6cc7c(cc6OC)C(=O)N6C=C(c8ccc(OC)cc8)C[C@H]6C=N7)cc5N=CC4C3)cc2)C(C)C)cc(NC(=O)C=C)n1. The van der Waals surface area contributed by atoms with Crippen LogP contribution in [0, 0.1) is 5.92 Å². The summed E-state index contributed by atoms with van der Waals surface area (Å²) in [5.74, 6) is -1.78. The minimum atomic E-state index is -1.10. The summed E-state index contributed by atoms with van der Waals surface area (Å²) in [5.41, 5.74) is 5.74. The van der Waals surface area contributed by atoms with E-state index in [1.54, 1.807) is 85.8 Å². The van der Waals surface area contributed by atoms with Crippen molar-refractivity contribution in [3.63, 3.8) is 0 Å². The molecule has 0 radical (unpaired) electrons. The van der Waals surface area contributed by atoms with Crippen molar-refractivity contribution in [2.45, 2.75) is 64.2 Å². The van der Waals surface area contributed by atoms with Crippen molar-refractivity contribution in [1.82, 2.24) is 25.4 Å². The predicted molar refractivity (Wildman–Crippen MR) is 317 cm³/mol. The summed E-state index contributed by atoms with van der Waals surface area (Å²) in [7, 11) is 4.63. The number of carbonyl (C=O) groups excluding carboxylic acids is 7. The molecule has 5 heterocycles. The van der Waals surface area contributed by atoms with Crippen LogP contribution in [-0.2, 0) is 19.2 Å². The molecule has 0 saturated carbocycles. The fraction of sp³-hybridized carbons (Fsp3) is 0.258. The van der Waals surface area contributed by atoms with Gasteiger partial charge in [-0.05, 0) is 95.8 Å². The van der Waals surface area contributed by atoms with Crippen molar-refractivity contribution >= 4 is 93.6 Å². The van der Waals surface area contributed by atoms with Gasteiger partial charge in [0.1, 0.15) is 29.5 Å². The third-order valence-corrected chi connectivity index (χ3v) is 14.2. The molecule has 1 aromatic heterocycles. The number of ether oxygens (including phenoxy) is 5. The molecule has 0 aliphatic carbocycles. The molecule has 432 valence electrons. The van der Waals surface area contributed by atoms with Crippen LogP contribution < -0.4 is 50.3 Å². The second kappa shape index (κ2) is 25.6. The Labute approximate surface area is 484 Å². The number of rotatable bonds is 22. The molecular formula is C62H62N10O12. The van der Waals surface area contributed by atoms with Crippen molar-refractivity contribution in [3.8, 4) is 28.7 Å². The van der Waals surface area contributed by atoms with E-state index in [2.05, 4.69) is 44.7 Å². The fourth-order valence-electron chi connectivity index (χ4n) is 9.66. The van der Waals surface area contributed by atoms with Gasteiger partial charge >= 0.3 is 0 Å². The van der Waals surface area contributed by atoms with E-state index in [4.69, 9.17) is 33.7 Å². The van der Waals surface area contributed by atoms with Crippen molar-refractivity contribution in [1.29, 1.82) is 0 Å². The Morgan fingerprint density at radius 3 is 1.56 bits per heavy atom. The minimum absolute atomic E-state index is 0.0299. The van der Waals surface area contributed by atoms with Crippen LogP contribution in [0.25, 0.3) is 11.1 Å².